The molecule has 0 spiro atoms. The highest BCUT2D eigenvalue weighted by Crippen LogP contribution is 2.21. The summed E-state index contributed by atoms with van der Waals surface area (Å²) < 4.78 is 6.03. The van der Waals surface area contributed by atoms with E-state index in [9.17, 15) is 0 Å². The van der Waals surface area contributed by atoms with Gasteiger partial charge in [-0.25, -0.2) is 0 Å². The molecule has 0 radical (unpaired) electrons. The second-order valence-electron chi connectivity index (χ2n) is 7.07. The number of nitrogens with zero attached hydrogens (tertiary/aromatic N) is 2. The SMILES string of the molecule is CN=C(NCCc1ccccn1)NCc1ccc(C)cc1OCCC(C)C.I. The number of nitrogens with one attached hydrogen (secondary N) is 2. The third-order valence-electron chi connectivity index (χ3n) is 4.25. The third kappa shape index (κ3) is 8.91. The molecule has 2 aromatic rings. The molecule has 0 saturated heterocycles. The molecule has 0 aliphatic heterocycles. The van der Waals surface area contributed by atoms with E-state index in [2.05, 4.69) is 59.6 Å². The largest absolute Gasteiger partial charge is 0.493 e. The maximum atomic E-state index is 6.03. The molecule has 1 heterocycles. The Morgan fingerprint density at radius 3 is 2.68 bits per heavy atom. The van der Waals surface area contributed by atoms with Crippen LogP contribution in [0.2, 0.25) is 0 Å². The summed E-state index contributed by atoms with van der Waals surface area (Å²) in [6.45, 7) is 8.70. The smallest absolute Gasteiger partial charge is 0.191 e. The Bertz CT molecular complexity index is 720. The molecular formula is C22H33IN4O. The lowest BCUT2D eigenvalue weighted by atomic mass is 10.1. The maximum absolute atomic E-state index is 6.03. The number of aromatic nitrogens is 1. The van der Waals surface area contributed by atoms with Crippen LogP contribution >= 0.6 is 24.0 Å². The monoisotopic (exact) mass is 496 g/mol. The van der Waals surface area contributed by atoms with E-state index in [1.807, 2.05) is 24.4 Å². The average molecular weight is 496 g/mol. The topological polar surface area (TPSA) is 58.5 Å². The van der Waals surface area contributed by atoms with Gasteiger partial charge in [-0.1, -0.05) is 32.0 Å². The van der Waals surface area contributed by atoms with Crippen molar-refractivity contribution in [1.82, 2.24) is 15.6 Å². The summed E-state index contributed by atoms with van der Waals surface area (Å²) >= 11 is 0. The van der Waals surface area contributed by atoms with Gasteiger partial charge in [0.25, 0.3) is 0 Å². The van der Waals surface area contributed by atoms with Crippen molar-refractivity contribution in [2.75, 3.05) is 20.2 Å². The highest BCUT2D eigenvalue weighted by Gasteiger charge is 2.07. The number of benzene rings is 1. The zero-order chi connectivity index (χ0) is 19.5. The van der Waals surface area contributed by atoms with E-state index in [0.717, 1.165) is 49.0 Å². The first-order valence-corrected chi connectivity index (χ1v) is 9.65. The number of guanidine groups is 1. The van der Waals surface area contributed by atoms with Crippen molar-refractivity contribution >= 4 is 29.9 Å². The normalized spacial score (nSPS) is 11.1. The minimum Gasteiger partial charge on any atom is -0.493 e. The number of aryl methyl sites for hydroxylation is 1. The van der Waals surface area contributed by atoms with Crippen molar-refractivity contribution in [2.45, 2.75) is 40.2 Å². The summed E-state index contributed by atoms with van der Waals surface area (Å²) in [5.41, 5.74) is 3.41. The van der Waals surface area contributed by atoms with Crippen LogP contribution in [0.1, 0.15) is 37.1 Å². The van der Waals surface area contributed by atoms with Gasteiger partial charge in [-0.2, -0.15) is 0 Å². The summed E-state index contributed by atoms with van der Waals surface area (Å²) in [6.07, 6.45) is 3.73. The van der Waals surface area contributed by atoms with Crippen LogP contribution in [0.5, 0.6) is 5.75 Å². The second kappa shape index (κ2) is 13.4. The zero-order valence-corrected chi connectivity index (χ0v) is 19.7. The van der Waals surface area contributed by atoms with Gasteiger partial charge in [0.1, 0.15) is 5.75 Å². The second-order valence-corrected chi connectivity index (χ2v) is 7.07. The Hall–Kier alpha value is -1.83. The first kappa shape index (κ1) is 24.2. The molecule has 2 rings (SSSR count). The van der Waals surface area contributed by atoms with Gasteiger partial charge in [0, 0.05) is 44.0 Å². The number of rotatable bonds is 9. The Morgan fingerprint density at radius 1 is 1.18 bits per heavy atom. The number of pyridine rings is 1. The molecule has 0 amide bonds. The zero-order valence-electron chi connectivity index (χ0n) is 17.4. The molecule has 0 aliphatic carbocycles. The molecule has 2 N–H and O–H groups in total. The first-order chi connectivity index (χ1) is 13.1. The Labute approximate surface area is 186 Å². The van der Waals surface area contributed by atoms with Crippen LogP contribution in [0.15, 0.2) is 47.6 Å². The predicted molar refractivity (Wildman–Crippen MR) is 128 cm³/mol. The van der Waals surface area contributed by atoms with E-state index in [4.69, 9.17) is 4.74 Å². The molecule has 0 fully saturated rings. The Balaban J connectivity index is 0.00000392. The van der Waals surface area contributed by atoms with Crippen molar-refractivity contribution in [1.29, 1.82) is 0 Å². The van der Waals surface area contributed by atoms with Gasteiger partial charge < -0.3 is 15.4 Å². The van der Waals surface area contributed by atoms with Gasteiger partial charge in [-0.3, -0.25) is 9.98 Å². The fraction of sp³-hybridized carbons (Fsp3) is 0.455. The summed E-state index contributed by atoms with van der Waals surface area (Å²) in [4.78, 5) is 8.64. The molecular weight excluding hydrogens is 463 g/mol. The average Bonchev–Trinajstić information content (AvgIpc) is 2.66. The highest BCUT2D eigenvalue weighted by atomic mass is 127. The maximum Gasteiger partial charge on any atom is 0.191 e. The lowest BCUT2D eigenvalue weighted by Gasteiger charge is -2.16. The molecule has 1 aromatic carbocycles. The molecule has 0 aliphatic rings. The number of halogens is 1. The van der Waals surface area contributed by atoms with E-state index >= 15 is 0 Å². The molecule has 0 bridgehead atoms. The molecule has 5 nitrogen and oxygen atoms in total. The number of hydrogen-bond acceptors (Lipinski definition) is 3. The van der Waals surface area contributed by atoms with Gasteiger partial charge in [0.15, 0.2) is 5.96 Å². The Kier molecular flexibility index (Phi) is 11.6. The Morgan fingerprint density at radius 2 is 2.00 bits per heavy atom. The predicted octanol–water partition coefficient (Wildman–Crippen LogP) is 4.34. The number of aliphatic imine (C=N–C) groups is 1. The van der Waals surface area contributed by atoms with Crippen molar-refractivity contribution in [3.05, 3.63) is 59.4 Å². The van der Waals surface area contributed by atoms with Crippen LogP contribution in [-0.4, -0.2) is 31.1 Å². The lowest BCUT2D eigenvalue weighted by Crippen LogP contribution is -2.38. The number of ether oxygens (including phenoxy) is 1. The number of hydrogen-bond donors (Lipinski definition) is 2. The van der Waals surface area contributed by atoms with Crippen LogP contribution in [0.4, 0.5) is 0 Å². The van der Waals surface area contributed by atoms with Gasteiger partial charge in [-0.05, 0) is 43.0 Å². The summed E-state index contributed by atoms with van der Waals surface area (Å²) in [6, 6.07) is 12.3. The minimum absolute atomic E-state index is 0. The van der Waals surface area contributed by atoms with Crippen LogP contribution in [-0.2, 0) is 13.0 Å². The lowest BCUT2D eigenvalue weighted by molar-refractivity contribution is 0.286. The summed E-state index contributed by atoms with van der Waals surface area (Å²) in [5.74, 6) is 2.37. The summed E-state index contributed by atoms with van der Waals surface area (Å²) in [5, 5.41) is 6.70. The molecule has 1 aromatic heterocycles. The fourth-order valence-electron chi connectivity index (χ4n) is 2.60. The van der Waals surface area contributed by atoms with E-state index in [1.54, 1.807) is 7.05 Å². The van der Waals surface area contributed by atoms with Gasteiger partial charge in [-0.15, -0.1) is 24.0 Å². The van der Waals surface area contributed by atoms with Crippen molar-refractivity contribution in [3.63, 3.8) is 0 Å². The molecule has 28 heavy (non-hydrogen) atoms. The molecule has 0 saturated carbocycles. The van der Waals surface area contributed by atoms with Crippen molar-refractivity contribution in [2.24, 2.45) is 10.9 Å². The highest BCUT2D eigenvalue weighted by molar-refractivity contribution is 14.0. The van der Waals surface area contributed by atoms with Crippen molar-refractivity contribution < 1.29 is 4.74 Å². The van der Waals surface area contributed by atoms with E-state index in [0.29, 0.717) is 12.5 Å². The van der Waals surface area contributed by atoms with Crippen molar-refractivity contribution in [3.8, 4) is 5.75 Å². The van der Waals surface area contributed by atoms with Crippen LogP contribution in [0, 0.1) is 12.8 Å². The van der Waals surface area contributed by atoms with Crippen LogP contribution < -0.4 is 15.4 Å². The molecule has 6 heteroatoms. The van der Waals surface area contributed by atoms with E-state index in [1.165, 1.54) is 5.56 Å². The molecule has 0 atom stereocenters. The first-order valence-electron chi connectivity index (χ1n) is 9.65. The van der Waals surface area contributed by atoms with E-state index < -0.39 is 0 Å². The molecule has 154 valence electrons. The van der Waals surface area contributed by atoms with Gasteiger partial charge >= 0.3 is 0 Å². The third-order valence-corrected chi connectivity index (χ3v) is 4.25. The summed E-state index contributed by atoms with van der Waals surface area (Å²) in [7, 11) is 1.78. The quantitative estimate of drug-likeness (QED) is 0.308. The van der Waals surface area contributed by atoms with Crippen LogP contribution in [0.3, 0.4) is 0 Å². The standard InChI is InChI=1S/C22H32N4O.HI/c1-17(2)11-14-27-21-15-18(3)8-9-19(21)16-26-22(23-4)25-13-10-20-7-5-6-12-24-20;/h5-9,12,15,17H,10-11,13-14,16H2,1-4H3,(H2,23,25,26);1H. The fourth-order valence-corrected chi connectivity index (χ4v) is 2.60. The van der Waals surface area contributed by atoms with Gasteiger partial charge in [0.05, 0.1) is 6.61 Å². The minimum atomic E-state index is 0. The van der Waals surface area contributed by atoms with E-state index in [-0.39, 0.29) is 24.0 Å². The molecule has 0 unspecified atom stereocenters. The van der Waals surface area contributed by atoms with Crippen LogP contribution in [0.25, 0.3) is 0 Å². The van der Waals surface area contributed by atoms with Gasteiger partial charge in [0.2, 0.25) is 0 Å².